The predicted octanol–water partition coefficient (Wildman–Crippen LogP) is 2.25. The van der Waals surface area contributed by atoms with Gasteiger partial charge in [-0.3, -0.25) is 9.59 Å². The van der Waals surface area contributed by atoms with Crippen molar-refractivity contribution in [3.8, 4) is 0 Å². The van der Waals surface area contributed by atoms with Gasteiger partial charge in [0, 0.05) is 6.54 Å². The van der Waals surface area contributed by atoms with E-state index in [4.69, 9.17) is 10.2 Å². The first-order valence-corrected chi connectivity index (χ1v) is 6.53. The van der Waals surface area contributed by atoms with E-state index in [0.29, 0.717) is 0 Å². The summed E-state index contributed by atoms with van der Waals surface area (Å²) in [6, 6.07) is 0. The van der Waals surface area contributed by atoms with E-state index in [9.17, 15) is 27.2 Å². The number of nitrogens with two attached hydrogens (primary N) is 1. The number of likely N-dealkylation sites (N-methyl/N-ethyl adjacent to an activating group) is 1. The highest BCUT2D eigenvalue weighted by molar-refractivity contribution is 6.08. The van der Waals surface area contributed by atoms with Crippen molar-refractivity contribution in [3.05, 3.63) is 34.6 Å². The van der Waals surface area contributed by atoms with Crippen LogP contribution in [0.15, 0.2) is 4.42 Å². The third kappa shape index (κ3) is 2.62. The summed E-state index contributed by atoms with van der Waals surface area (Å²) in [6.45, 7) is 2.28. The third-order valence-corrected chi connectivity index (χ3v) is 3.31. The molecule has 0 aliphatic heterocycles. The molecule has 1 aromatic heterocycles. The van der Waals surface area contributed by atoms with E-state index in [0.717, 1.165) is 4.90 Å². The Kier molecular flexibility index (Phi) is 4.31. The minimum absolute atomic E-state index is 0.0294. The van der Waals surface area contributed by atoms with Crippen LogP contribution in [0.2, 0.25) is 0 Å². The SMILES string of the molecule is CCN(CC(N)=O)C(=O)c1c(C)oc2c(F)c(F)c(F)c(F)c12. The van der Waals surface area contributed by atoms with Crippen LogP contribution in [0.25, 0.3) is 11.0 Å². The fourth-order valence-corrected chi connectivity index (χ4v) is 2.24. The molecule has 0 aliphatic carbocycles. The summed E-state index contributed by atoms with van der Waals surface area (Å²) in [5, 5.41) is -0.813. The van der Waals surface area contributed by atoms with Gasteiger partial charge in [-0.05, 0) is 13.8 Å². The first-order valence-electron chi connectivity index (χ1n) is 6.53. The molecule has 5 nitrogen and oxygen atoms in total. The molecule has 1 aromatic carbocycles. The fourth-order valence-electron chi connectivity index (χ4n) is 2.24. The molecule has 0 aliphatic rings. The molecule has 0 radical (unpaired) electrons. The summed E-state index contributed by atoms with van der Waals surface area (Å²) in [6.07, 6.45) is 0. The summed E-state index contributed by atoms with van der Waals surface area (Å²) < 4.78 is 59.3. The molecule has 0 unspecified atom stereocenters. The summed E-state index contributed by atoms with van der Waals surface area (Å²) in [7, 11) is 0. The average Bonchev–Trinajstić information content (AvgIpc) is 2.85. The number of benzene rings is 1. The number of furan rings is 1. The van der Waals surface area contributed by atoms with E-state index in [1.54, 1.807) is 0 Å². The molecular formula is C14H12F4N2O3. The Morgan fingerprint density at radius 2 is 1.65 bits per heavy atom. The molecule has 0 saturated heterocycles. The summed E-state index contributed by atoms with van der Waals surface area (Å²) in [5.41, 5.74) is 3.62. The molecule has 2 amide bonds. The Hall–Kier alpha value is -2.58. The topological polar surface area (TPSA) is 76.5 Å². The van der Waals surface area contributed by atoms with Gasteiger partial charge < -0.3 is 15.1 Å². The number of hydrogen-bond donors (Lipinski definition) is 1. The number of hydrogen-bond acceptors (Lipinski definition) is 3. The molecule has 0 spiro atoms. The van der Waals surface area contributed by atoms with Crippen molar-refractivity contribution < 1.29 is 31.6 Å². The maximum atomic E-state index is 14.0. The van der Waals surface area contributed by atoms with Gasteiger partial charge in [-0.15, -0.1) is 0 Å². The highest BCUT2D eigenvalue weighted by atomic mass is 19.2. The fraction of sp³-hybridized carbons (Fsp3) is 0.286. The van der Waals surface area contributed by atoms with Crippen molar-refractivity contribution in [2.75, 3.05) is 13.1 Å². The lowest BCUT2D eigenvalue weighted by Gasteiger charge is -2.18. The molecule has 2 N–H and O–H groups in total. The molecule has 0 saturated carbocycles. The molecular weight excluding hydrogens is 320 g/mol. The lowest BCUT2D eigenvalue weighted by Crippen LogP contribution is -2.38. The molecule has 2 rings (SSSR count). The molecule has 0 fully saturated rings. The van der Waals surface area contributed by atoms with Gasteiger partial charge in [0.25, 0.3) is 5.91 Å². The normalized spacial score (nSPS) is 11.0. The van der Waals surface area contributed by atoms with Crippen LogP contribution in [0.5, 0.6) is 0 Å². The van der Waals surface area contributed by atoms with Gasteiger partial charge in [-0.2, -0.15) is 4.39 Å². The van der Waals surface area contributed by atoms with Crippen molar-refractivity contribution in [1.29, 1.82) is 0 Å². The molecule has 2 aromatic rings. The zero-order valence-corrected chi connectivity index (χ0v) is 12.2. The van der Waals surface area contributed by atoms with Crippen LogP contribution in [-0.4, -0.2) is 29.8 Å². The monoisotopic (exact) mass is 332 g/mol. The maximum Gasteiger partial charge on any atom is 0.258 e. The van der Waals surface area contributed by atoms with Crippen LogP contribution in [0.4, 0.5) is 17.6 Å². The number of primary amides is 1. The van der Waals surface area contributed by atoms with E-state index in [-0.39, 0.29) is 12.3 Å². The zero-order chi connectivity index (χ0) is 17.5. The maximum absolute atomic E-state index is 14.0. The van der Waals surface area contributed by atoms with Crippen LogP contribution in [0, 0.1) is 30.2 Å². The van der Waals surface area contributed by atoms with Gasteiger partial charge >= 0.3 is 0 Å². The predicted molar refractivity (Wildman–Crippen MR) is 71.6 cm³/mol. The van der Waals surface area contributed by atoms with Gasteiger partial charge in [0.15, 0.2) is 17.2 Å². The first-order chi connectivity index (χ1) is 10.7. The van der Waals surface area contributed by atoms with Crippen molar-refractivity contribution in [3.63, 3.8) is 0 Å². The third-order valence-electron chi connectivity index (χ3n) is 3.31. The standard InChI is InChI=1S/C14H12F4N2O3/c1-3-20(4-6(19)21)14(22)7-5(2)23-13-8(7)9(15)10(16)11(17)12(13)18/h3-4H2,1-2H3,(H2,19,21). The van der Waals surface area contributed by atoms with Gasteiger partial charge in [-0.1, -0.05) is 0 Å². The minimum atomic E-state index is -2.05. The Morgan fingerprint density at radius 3 is 2.17 bits per heavy atom. The van der Waals surface area contributed by atoms with E-state index in [1.807, 2.05) is 0 Å². The smallest absolute Gasteiger partial charge is 0.258 e. The summed E-state index contributed by atoms with van der Waals surface area (Å²) in [4.78, 5) is 24.3. The van der Waals surface area contributed by atoms with Crippen LogP contribution >= 0.6 is 0 Å². The van der Waals surface area contributed by atoms with Gasteiger partial charge in [0.1, 0.15) is 5.76 Å². The zero-order valence-electron chi connectivity index (χ0n) is 12.2. The highest BCUT2D eigenvalue weighted by Crippen LogP contribution is 2.34. The Bertz CT molecular complexity index is 816. The number of carbonyl (C=O) groups excluding carboxylic acids is 2. The van der Waals surface area contributed by atoms with Crippen LogP contribution < -0.4 is 5.73 Å². The quantitative estimate of drug-likeness (QED) is 0.530. The Balaban J connectivity index is 2.73. The minimum Gasteiger partial charge on any atom is -0.457 e. The summed E-state index contributed by atoms with van der Waals surface area (Å²) >= 11 is 0. The second-order valence-electron chi connectivity index (χ2n) is 4.78. The Morgan fingerprint density at radius 1 is 1.09 bits per heavy atom. The van der Waals surface area contributed by atoms with E-state index >= 15 is 0 Å². The van der Waals surface area contributed by atoms with Gasteiger partial charge in [0.2, 0.25) is 17.5 Å². The lowest BCUT2D eigenvalue weighted by molar-refractivity contribution is -0.118. The molecule has 0 atom stereocenters. The second kappa shape index (κ2) is 5.90. The largest absolute Gasteiger partial charge is 0.457 e. The van der Waals surface area contributed by atoms with E-state index in [1.165, 1.54) is 13.8 Å². The number of nitrogens with zero attached hydrogens (tertiary/aromatic N) is 1. The molecule has 1 heterocycles. The second-order valence-corrected chi connectivity index (χ2v) is 4.78. The Labute approximate surface area is 127 Å². The van der Waals surface area contributed by atoms with Gasteiger partial charge in [0.05, 0.1) is 17.5 Å². The highest BCUT2D eigenvalue weighted by Gasteiger charge is 2.31. The first kappa shape index (κ1) is 16.8. The van der Waals surface area contributed by atoms with Crippen LogP contribution in [-0.2, 0) is 4.79 Å². The van der Waals surface area contributed by atoms with Gasteiger partial charge in [-0.25, -0.2) is 13.2 Å². The van der Waals surface area contributed by atoms with E-state index < -0.39 is 58.2 Å². The van der Waals surface area contributed by atoms with Crippen molar-refractivity contribution in [2.45, 2.75) is 13.8 Å². The molecule has 23 heavy (non-hydrogen) atoms. The lowest BCUT2D eigenvalue weighted by atomic mass is 10.1. The number of carbonyl (C=O) groups is 2. The van der Waals surface area contributed by atoms with Crippen LogP contribution in [0.3, 0.4) is 0 Å². The average molecular weight is 332 g/mol. The van der Waals surface area contributed by atoms with Crippen molar-refractivity contribution >= 4 is 22.8 Å². The van der Waals surface area contributed by atoms with E-state index in [2.05, 4.69) is 0 Å². The molecule has 9 heteroatoms. The number of fused-ring (bicyclic) bond motifs is 1. The van der Waals surface area contributed by atoms with Crippen LogP contribution in [0.1, 0.15) is 23.0 Å². The summed E-state index contributed by atoms with van der Waals surface area (Å²) in [5.74, 6) is -9.54. The number of rotatable bonds is 4. The van der Waals surface area contributed by atoms with Crippen molar-refractivity contribution in [2.24, 2.45) is 5.73 Å². The number of aryl methyl sites for hydroxylation is 1. The number of halogens is 4. The molecule has 0 bridgehead atoms. The number of amides is 2. The van der Waals surface area contributed by atoms with Crippen molar-refractivity contribution in [1.82, 2.24) is 4.90 Å². The molecule has 124 valence electrons.